The van der Waals surface area contributed by atoms with Gasteiger partial charge in [0.1, 0.15) is 26.6 Å². The Labute approximate surface area is 152 Å². The molecule has 4 bridgehead atoms. The van der Waals surface area contributed by atoms with Crippen molar-refractivity contribution >= 4 is 16.6 Å². The minimum absolute atomic E-state index is 0. The first-order chi connectivity index (χ1) is 11.2. The van der Waals surface area contributed by atoms with Crippen molar-refractivity contribution in [1.29, 1.82) is 0 Å². The van der Waals surface area contributed by atoms with Crippen LogP contribution in [-0.4, -0.2) is 71.5 Å². The first-order valence-electron chi connectivity index (χ1n) is 8.23. The molecule has 24 heavy (non-hydrogen) atoms. The molecule has 4 heterocycles. The van der Waals surface area contributed by atoms with Crippen LogP contribution >= 0.6 is 0 Å². The van der Waals surface area contributed by atoms with E-state index in [0.717, 1.165) is 55.4 Å². The van der Waals surface area contributed by atoms with E-state index in [1.807, 2.05) is 24.3 Å². The lowest BCUT2D eigenvalue weighted by Gasteiger charge is -2.60. The number of ketones is 1. The maximum atomic E-state index is 12.9. The number of benzene rings is 2. The number of hydrogen-bond acceptors (Lipinski definition) is 4. The molecule has 6 heteroatoms. The highest BCUT2D eigenvalue weighted by atomic mass is 79.9. The third-order valence-corrected chi connectivity index (χ3v) is 5.25. The van der Waals surface area contributed by atoms with Crippen LogP contribution in [0.1, 0.15) is 10.4 Å². The van der Waals surface area contributed by atoms with E-state index in [2.05, 4.69) is 32.9 Å². The van der Waals surface area contributed by atoms with Crippen molar-refractivity contribution in [2.75, 3.05) is 46.6 Å². The molecule has 2 aromatic carbocycles. The number of rotatable bonds is 3. The summed E-state index contributed by atoms with van der Waals surface area (Å²) in [6.07, 6.45) is 0. The molecule has 0 saturated carbocycles. The number of hydrogen-bond donors (Lipinski definition) is 0. The molecular weight excluding hydrogens is 368 g/mol. The fraction of sp³-hybridized carbons (Fsp3) is 0.389. The highest BCUT2D eigenvalue weighted by Crippen LogP contribution is 2.29. The zero-order valence-electron chi connectivity index (χ0n) is 13.6. The normalized spacial score (nSPS) is 33.4. The van der Waals surface area contributed by atoms with E-state index in [-0.39, 0.29) is 22.8 Å². The number of carbonyl (C=O) groups is 1. The summed E-state index contributed by atoms with van der Waals surface area (Å²) in [6, 6.07) is 14.3. The van der Waals surface area contributed by atoms with Gasteiger partial charge in [0.25, 0.3) is 0 Å². The average molecular weight is 389 g/mol. The highest BCUT2D eigenvalue weighted by Gasteiger charge is 2.49. The zero-order chi connectivity index (χ0) is 15.4. The van der Waals surface area contributed by atoms with Gasteiger partial charge in [-0.2, -0.15) is 0 Å². The lowest BCUT2D eigenvalue weighted by molar-refractivity contribution is -0.973. The van der Waals surface area contributed by atoms with Crippen LogP contribution in [-0.2, 0) is 0 Å². The molecule has 0 aromatic heterocycles. The maximum Gasteiger partial charge on any atom is 0.217 e. The van der Waals surface area contributed by atoms with Crippen molar-refractivity contribution in [2.24, 2.45) is 0 Å². The van der Waals surface area contributed by atoms with Gasteiger partial charge in [-0.05, 0) is 16.8 Å². The van der Waals surface area contributed by atoms with E-state index < -0.39 is 0 Å². The molecule has 4 fully saturated rings. The zero-order valence-corrected chi connectivity index (χ0v) is 15.2. The van der Waals surface area contributed by atoms with Crippen molar-refractivity contribution in [3.63, 3.8) is 0 Å². The molecule has 0 unspecified atom stereocenters. The minimum Gasteiger partial charge on any atom is -1.00 e. The molecule has 0 N–H and O–H groups in total. The molecule has 4 saturated heterocycles. The van der Waals surface area contributed by atoms with Crippen LogP contribution in [0.5, 0.6) is 0 Å². The Morgan fingerprint density at radius 2 is 1.46 bits per heavy atom. The van der Waals surface area contributed by atoms with Gasteiger partial charge in [-0.25, -0.2) is 14.7 Å². The Morgan fingerprint density at radius 3 is 2.08 bits per heavy atom. The number of halogens is 1. The summed E-state index contributed by atoms with van der Waals surface area (Å²) in [5.41, 5.74) is 0.845. The molecule has 0 spiro atoms. The standard InChI is InChI=1S/C18H21N4O.BrH/c23-18(17-6-5-15-3-1-2-4-16(15)7-17)8-22-12-19-9-20(13-22)11-21(10-19)14-22;/h1-7H,8-14H2;1H/q+1;/p-1. The molecule has 4 aliphatic rings. The van der Waals surface area contributed by atoms with E-state index in [4.69, 9.17) is 0 Å². The molecule has 6 rings (SSSR count). The fourth-order valence-electron chi connectivity index (χ4n) is 4.57. The van der Waals surface area contributed by atoms with Crippen molar-refractivity contribution < 1.29 is 26.3 Å². The number of nitrogens with zero attached hydrogens (tertiary/aromatic N) is 4. The van der Waals surface area contributed by atoms with Gasteiger partial charge < -0.3 is 17.0 Å². The molecule has 0 radical (unpaired) electrons. The van der Waals surface area contributed by atoms with Crippen molar-refractivity contribution in [1.82, 2.24) is 14.7 Å². The van der Waals surface area contributed by atoms with E-state index in [1.165, 1.54) is 5.39 Å². The summed E-state index contributed by atoms with van der Waals surface area (Å²) in [7, 11) is 0. The van der Waals surface area contributed by atoms with E-state index >= 15 is 0 Å². The predicted molar refractivity (Wildman–Crippen MR) is 88.1 cm³/mol. The highest BCUT2D eigenvalue weighted by molar-refractivity contribution is 6.00. The van der Waals surface area contributed by atoms with Gasteiger partial charge >= 0.3 is 0 Å². The molecule has 4 aliphatic heterocycles. The Bertz CT molecular complexity index is 758. The van der Waals surface area contributed by atoms with Gasteiger partial charge in [0, 0.05) is 5.56 Å². The number of Topliss-reactive ketones (excluding diaryl/α,β-unsaturated/α-hetero) is 1. The molecular formula is C18H21BrN4O. The fourth-order valence-corrected chi connectivity index (χ4v) is 4.57. The average Bonchev–Trinajstić information content (AvgIpc) is 2.52. The molecule has 2 aromatic rings. The van der Waals surface area contributed by atoms with Crippen LogP contribution in [0.15, 0.2) is 42.5 Å². The summed E-state index contributed by atoms with van der Waals surface area (Å²) >= 11 is 0. The second kappa shape index (κ2) is 5.89. The second-order valence-corrected chi connectivity index (χ2v) is 7.35. The van der Waals surface area contributed by atoms with Crippen LogP contribution < -0.4 is 17.0 Å². The molecule has 0 aliphatic carbocycles. The summed E-state index contributed by atoms with van der Waals surface area (Å²) < 4.78 is 0.867. The third-order valence-electron chi connectivity index (χ3n) is 5.25. The van der Waals surface area contributed by atoms with Crippen molar-refractivity contribution in [2.45, 2.75) is 0 Å². The topological polar surface area (TPSA) is 26.8 Å². The predicted octanol–water partition coefficient (Wildman–Crippen LogP) is -1.46. The third kappa shape index (κ3) is 2.68. The van der Waals surface area contributed by atoms with Crippen molar-refractivity contribution in [3.8, 4) is 0 Å². The Hall–Kier alpha value is -1.31. The van der Waals surface area contributed by atoms with Gasteiger partial charge in [0.05, 0.1) is 20.0 Å². The van der Waals surface area contributed by atoms with Gasteiger partial charge in [-0.3, -0.25) is 9.28 Å². The summed E-state index contributed by atoms with van der Waals surface area (Å²) in [5.74, 6) is 0.265. The first-order valence-corrected chi connectivity index (χ1v) is 8.23. The number of quaternary nitrogens is 1. The maximum absolute atomic E-state index is 12.9. The van der Waals surface area contributed by atoms with E-state index in [0.29, 0.717) is 6.54 Å². The van der Waals surface area contributed by atoms with Gasteiger partial charge in [0.15, 0.2) is 0 Å². The van der Waals surface area contributed by atoms with Crippen LogP contribution in [0.2, 0.25) is 0 Å². The summed E-state index contributed by atoms with van der Waals surface area (Å²) in [6.45, 7) is 6.79. The summed E-state index contributed by atoms with van der Waals surface area (Å²) in [5, 5.41) is 2.34. The molecule has 0 amide bonds. The van der Waals surface area contributed by atoms with E-state index in [1.54, 1.807) is 0 Å². The summed E-state index contributed by atoms with van der Waals surface area (Å²) in [4.78, 5) is 20.2. The quantitative estimate of drug-likeness (QED) is 0.474. The van der Waals surface area contributed by atoms with Crippen LogP contribution in [0.3, 0.4) is 0 Å². The lowest BCUT2D eigenvalue weighted by Crippen LogP contribution is -3.00. The number of carbonyl (C=O) groups excluding carboxylic acids is 1. The van der Waals surface area contributed by atoms with Gasteiger partial charge in [0.2, 0.25) is 5.78 Å². The smallest absolute Gasteiger partial charge is 0.217 e. The second-order valence-electron chi connectivity index (χ2n) is 7.35. The van der Waals surface area contributed by atoms with Gasteiger partial charge in [-0.15, -0.1) is 0 Å². The SMILES string of the molecule is O=C(C[N+]12CN3CN(CN(C3)C1)C2)c1ccc2ccccc2c1.[Br-]. The molecule has 0 atom stereocenters. The largest absolute Gasteiger partial charge is 1.00 e. The number of fused-ring (bicyclic) bond motifs is 1. The minimum atomic E-state index is 0. The van der Waals surface area contributed by atoms with Crippen LogP contribution in [0.4, 0.5) is 0 Å². The first kappa shape index (κ1) is 16.2. The molecule has 5 nitrogen and oxygen atoms in total. The monoisotopic (exact) mass is 388 g/mol. The Balaban J connectivity index is 0.00000146. The lowest BCUT2D eigenvalue weighted by atomic mass is 10.0. The molecule has 126 valence electrons. The Morgan fingerprint density at radius 1 is 0.875 bits per heavy atom. The Kier molecular flexibility index (Phi) is 3.97. The van der Waals surface area contributed by atoms with Crippen LogP contribution in [0, 0.1) is 0 Å². The van der Waals surface area contributed by atoms with E-state index in [9.17, 15) is 4.79 Å². The van der Waals surface area contributed by atoms with Gasteiger partial charge in [-0.1, -0.05) is 36.4 Å². The van der Waals surface area contributed by atoms with Crippen LogP contribution in [0.25, 0.3) is 10.8 Å². The van der Waals surface area contributed by atoms with Crippen molar-refractivity contribution in [3.05, 3.63) is 48.0 Å².